The number of alkyl halides is 3. The summed E-state index contributed by atoms with van der Waals surface area (Å²) in [7, 11) is 0. The van der Waals surface area contributed by atoms with Crippen LogP contribution in [0.3, 0.4) is 0 Å². The first kappa shape index (κ1) is 18.7. The second-order valence-electron chi connectivity index (χ2n) is 5.96. The van der Waals surface area contributed by atoms with Gasteiger partial charge in [0, 0.05) is 6.61 Å². The Morgan fingerprint density at radius 2 is 2.17 bits per heavy atom. The minimum Gasteiger partial charge on any atom is -0.376 e. The number of ether oxygens (including phenoxy) is 2. The van der Waals surface area contributed by atoms with Crippen molar-refractivity contribution in [1.29, 1.82) is 0 Å². The summed E-state index contributed by atoms with van der Waals surface area (Å²) in [6.45, 7) is 4.30. The highest BCUT2D eigenvalue weighted by atomic mass is 19.4. The number of halogens is 3. The van der Waals surface area contributed by atoms with Crippen LogP contribution >= 0.6 is 0 Å². The zero-order valence-corrected chi connectivity index (χ0v) is 13.7. The predicted octanol–water partition coefficient (Wildman–Crippen LogP) is 3.47. The normalized spacial score (nSPS) is 20.6. The van der Waals surface area contributed by atoms with E-state index in [1.807, 2.05) is 0 Å². The molecule has 1 aromatic carbocycles. The van der Waals surface area contributed by atoms with E-state index >= 15 is 0 Å². The smallest absolute Gasteiger partial charge is 0.376 e. The molecule has 0 saturated carbocycles. The monoisotopic (exact) mass is 345 g/mol. The van der Waals surface area contributed by atoms with Gasteiger partial charge in [0.15, 0.2) is 0 Å². The third-order valence-electron chi connectivity index (χ3n) is 4.00. The first-order valence-corrected chi connectivity index (χ1v) is 7.98. The first-order chi connectivity index (χ1) is 11.3. The van der Waals surface area contributed by atoms with Gasteiger partial charge < -0.3 is 14.8 Å². The molecule has 1 aromatic rings. The van der Waals surface area contributed by atoms with Crippen LogP contribution in [0.4, 0.5) is 13.2 Å². The molecule has 0 bridgehead atoms. The molecule has 1 aliphatic rings. The van der Waals surface area contributed by atoms with E-state index in [1.165, 1.54) is 6.07 Å². The van der Waals surface area contributed by atoms with Crippen molar-refractivity contribution >= 4 is 5.91 Å². The number of hydrogen-bond acceptors (Lipinski definition) is 3. The van der Waals surface area contributed by atoms with Crippen LogP contribution in [-0.2, 0) is 20.4 Å². The molecule has 0 aliphatic carbocycles. The highest BCUT2D eigenvalue weighted by Gasteiger charge is 2.31. The Kier molecular flexibility index (Phi) is 6.23. The Bertz CT molecular complexity index is 556. The molecule has 4 nitrogen and oxygen atoms in total. The van der Waals surface area contributed by atoms with E-state index in [2.05, 4.69) is 5.32 Å². The minimum atomic E-state index is -4.41. The van der Waals surface area contributed by atoms with Crippen molar-refractivity contribution < 1.29 is 27.4 Å². The summed E-state index contributed by atoms with van der Waals surface area (Å²) in [5, 5.41) is 2.68. The van der Waals surface area contributed by atoms with Gasteiger partial charge in [-0.15, -0.1) is 0 Å². The van der Waals surface area contributed by atoms with E-state index < -0.39 is 23.9 Å². The molecule has 1 aliphatic heterocycles. The number of amides is 1. The maximum absolute atomic E-state index is 12.8. The molecule has 24 heavy (non-hydrogen) atoms. The Labute approximate surface area is 139 Å². The number of rotatable bonds is 6. The molecular weight excluding hydrogens is 323 g/mol. The summed E-state index contributed by atoms with van der Waals surface area (Å²) in [6, 6.07) is 4.39. The molecule has 3 atom stereocenters. The van der Waals surface area contributed by atoms with Crippen LogP contribution in [0.15, 0.2) is 24.3 Å². The molecule has 2 rings (SSSR count). The van der Waals surface area contributed by atoms with Gasteiger partial charge >= 0.3 is 6.18 Å². The van der Waals surface area contributed by atoms with Gasteiger partial charge in [-0.3, -0.25) is 4.79 Å². The quantitative estimate of drug-likeness (QED) is 0.859. The third-order valence-corrected chi connectivity index (χ3v) is 4.00. The van der Waals surface area contributed by atoms with Crippen LogP contribution in [0.2, 0.25) is 0 Å². The van der Waals surface area contributed by atoms with Crippen molar-refractivity contribution in [2.75, 3.05) is 13.2 Å². The first-order valence-electron chi connectivity index (χ1n) is 7.98. The van der Waals surface area contributed by atoms with E-state index in [0.29, 0.717) is 18.8 Å². The SMILES string of the molecule is C[C@H](OC[C@@H]1CCCO1)C(=O)N[C@H](C)c1cccc(C(F)(F)F)c1. The number of carbonyl (C=O) groups is 1. The maximum Gasteiger partial charge on any atom is 0.416 e. The average Bonchev–Trinajstić information content (AvgIpc) is 3.05. The van der Waals surface area contributed by atoms with Gasteiger partial charge in [-0.05, 0) is 44.4 Å². The third kappa shape index (κ3) is 5.21. The molecule has 1 saturated heterocycles. The van der Waals surface area contributed by atoms with Crippen molar-refractivity contribution in [1.82, 2.24) is 5.32 Å². The van der Waals surface area contributed by atoms with Crippen molar-refractivity contribution in [3.8, 4) is 0 Å². The molecular formula is C17H22F3NO3. The van der Waals surface area contributed by atoms with E-state index in [9.17, 15) is 18.0 Å². The molecule has 1 fully saturated rings. The fourth-order valence-corrected chi connectivity index (χ4v) is 2.50. The average molecular weight is 345 g/mol. The lowest BCUT2D eigenvalue weighted by Crippen LogP contribution is -2.37. The lowest BCUT2D eigenvalue weighted by atomic mass is 10.0. The van der Waals surface area contributed by atoms with Crippen LogP contribution in [0.25, 0.3) is 0 Å². The molecule has 1 N–H and O–H groups in total. The maximum atomic E-state index is 12.8. The van der Waals surface area contributed by atoms with Gasteiger partial charge in [-0.25, -0.2) is 0 Å². The summed E-state index contributed by atoms with van der Waals surface area (Å²) in [6.07, 6.45) is -3.18. The summed E-state index contributed by atoms with van der Waals surface area (Å²) in [4.78, 5) is 12.1. The van der Waals surface area contributed by atoms with Gasteiger partial charge in [-0.2, -0.15) is 13.2 Å². The molecule has 7 heteroatoms. The Morgan fingerprint density at radius 1 is 1.42 bits per heavy atom. The molecule has 0 unspecified atom stereocenters. The Hall–Kier alpha value is -1.60. The van der Waals surface area contributed by atoms with E-state index in [1.54, 1.807) is 19.9 Å². The summed E-state index contributed by atoms with van der Waals surface area (Å²) in [5.74, 6) is -0.363. The van der Waals surface area contributed by atoms with Crippen LogP contribution in [0.5, 0.6) is 0 Å². The van der Waals surface area contributed by atoms with Crippen molar-refractivity contribution in [2.45, 2.75) is 51.1 Å². The zero-order chi connectivity index (χ0) is 17.7. The van der Waals surface area contributed by atoms with E-state index in [-0.39, 0.29) is 12.0 Å². The van der Waals surface area contributed by atoms with Gasteiger partial charge in [0.1, 0.15) is 6.10 Å². The van der Waals surface area contributed by atoms with Crippen LogP contribution < -0.4 is 5.32 Å². The van der Waals surface area contributed by atoms with Crippen molar-refractivity contribution in [3.05, 3.63) is 35.4 Å². The van der Waals surface area contributed by atoms with E-state index in [0.717, 1.165) is 25.0 Å². The van der Waals surface area contributed by atoms with Crippen LogP contribution in [-0.4, -0.2) is 31.3 Å². The largest absolute Gasteiger partial charge is 0.416 e. The molecule has 0 radical (unpaired) electrons. The second-order valence-corrected chi connectivity index (χ2v) is 5.96. The molecule has 134 valence electrons. The van der Waals surface area contributed by atoms with E-state index in [4.69, 9.17) is 9.47 Å². The molecule has 0 spiro atoms. The predicted molar refractivity (Wildman–Crippen MR) is 82.4 cm³/mol. The van der Waals surface area contributed by atoms with Gasteiger partial charge in [0.25, 0.3) is 0 Å². The van der Waals surface area contributed by atoms with Gasteiger partial charge in [-0.1, -0.05) is 12.1 Å². The summed E-state index contributed by atoms with van der Waals surface area (Å²) < 4.78 is 49.2. The zero-order valence-electron chi connectivity index (χ0n) is 13.7. The van der Waals surface area contributed by atoms with Crippen LogP contribution in [0, 0.1) is 0 Å². The fraction of sp³-hybridized carbons (Fsp3) is 0.588. The van der Waals surface area contributed by atoms with Gasteiger partial charge in [0.05, 0.1) is 24.3 Å². The lowest BCUT2D eigenvalue weighted by molar-refractivity contribution is -0.137. The lowest BCUT2D eigenvalue weighted by Gasteiger charge is -2.20. The molecule has 1 heterocycles. The number of carbonyl (C=O) groups excluding carboxylic acids is 1. The van der Waals surface area contributed by atoms with Gasteiger partial charge in [0.2, 0.25) is 5.91 Å². The molecule has 0 aromatic heterocycles. The number of hydrogen-bond donors (Lipinski definition) is 1. The number of benzene rings is 1. The fourth-order valence-electron chi connectivity index (χ4n) is 2.50. The summed E-state index contributed by atoms with van der Waals surface area (Å²) in [5.41, 5.74) is -0.340. The molecule has 1 amide bonds. The summed E-state index contributed by atoms with van der Waals surface area (Å²) >= 11 is 0. The minimum absolute atomic E-state index is 0.0149. The van der Waals surface area contributed by atoms with Crippen molar-refractivity contribution in [2.24, 2.45) is 0 Å². The highest BCUT2D eigenvalue weighted by molar-refractivity contribution is 5.80. The van der Waals surface area contributed by atoms with Crippen LogP contribution in [0.1, 0.15) is 43.9 Å². The second kappa shape index (κ2) is 7.98. The Balaban J connectivity index is 1.88. The number of nitrogens with one attached hydrogen (secondary N) is 1. The van der Waals surface area contributed by atoms with Crippen molar-refractivity contribution in [3.63, 3.8) is 0 Å². The highest BCUT2D eigenvalue weighted by Crippen LogP contribution is 2.30. The topological polar surface area (TPSA) is 47.6 Å². The Morgan fingerprint density at radius 3 is 2.79 bits per heavy atom. The standard InChI is InChI=1S/C17H22F3NO3/c1-11(13-5-3-6-14(9-13)17(18,19)20)21-16(22)12(2)24-10-15-7-4-8-23-15/h3,5-6,9,11-12,15H,4,7-8,10H2,1-2H3,(H,21,22)/t11-,12+,15+/m1/s1.